The minimum absolute atomic E-state index is 0.174. The zero-order valence-corrected chi connectivity index (χ0v) is 12.4. The van der Waals surface area contributed by atoms with Crippen LogP contribution in [0.25, 0.3) is 0 Å². The van der Waals surface area contributed by atoms with Crippen molar-refractivity contribution < 1.29 is 14.7 Å². The summed E-state index contributed by atoms with van der Waals surface area (Å²) in [5.41, 5.74) is 0.701. The molecular weight excluding hydrogens is 290 g/mol. The van der Waals surface area contributed by atoms with Gasteiger partial charge in [0.25, 0.3) is 0 Å². The van der Waals surface area contributed by atoms with E-state index < -0.39 is 5.97 Å². The molecule has 1 unspecified atom stereocenters. The van der Waals surface area contributed by atoms with Gasteiger partial charge in [0.05, 0.1) is 11.6 Å². The molecule has 1 atom stereocenters. The smallest absolute Gasteiger partial charge is 0.335 e. The molecular formula is C14H15N3O3S. The number of nitrogens with one attached hydrogen (secondary N) is 2. The summed E-state index contributed by atoms with van der Waals surface area (Å²) in [5.74, 6) is -1.00. The zero-order valence-electron chi connectivity index (χ0n) is 11.6. The average molecular weight is 305 g/mol. The fourth-order valence-corrected chi connectivity index (χ4v) is 2.47. The first-order chi connectivity index (χ1) is 9.95. The number of carbonyl (C=O) groups is 2. The van der Waals surface area contributed by atoms with Gasteiger partial charge < -0.3 is 15.7 Å². The Morgan fingerprint density at radius 3 is 2.48 bits per heavy atom. The summed E-state index contributed by atoms with van der Waals surface area (Å²) in [7, 11) is 0. The van der Waals surface area contributed by atoms with Crippen molar-refractivity contribution in [3.63, 3.8) is 0 Å². The van der Waals surface area contributed by atoms with E-state index in [1.165, 1.54) is 23.5 Å². The van der Waals surface area contributed by atoms with Gasteiger partial charge in [-0.2, -0.15) is 0 Å². The number of benzene rings is 1. The van der Waals surface area contributed by atoms with Crippen LogP contribution in [0.15, 0.2) is 30.5 Å². The monoisotopic (exact) mass is 305 g/mol. The van der Waals surface area contributed by atoms with Gasteiger partial charge >= 0.3 is 12.0 Å². The summed E-state index contributed by atoms with van der Waals surface area (Å²) in [4.78, 5) is 27.9. The lowest BCUT2D eigenvalue weighted by Gasteiger charge is -2.12. The first-order valence-corrected chi connectivity index (χ1v) is 7.10. The number of amides is 2. The molecule has 0 aliphatic carbocycles. The number of aromatic nitrogens is 1. The van der Waals surface area contributed by atoms with E-state index in [2.05, 4.69) is 15.6 Å². The molecule has 2 amide bonds. The number of rotatable bonds is 4. The third kappa shape index (κ3) is 4.03. The van der Waals surface area contributed by atoms with Crippen molar-refractivity contribution in [3.05, 3.63) is 45.9 Å². The van der Waals surface area contributed by atoms with Crippen LogP contribution >= 0.6 is 11.3 Å². The molecule has 0 bridgehead atoms. The second-order valence-electron chi connectivity index (χ2n) is 4.51. The quantitative estimate of drug-likeness (QED) is 0.809. The molecule has 1 heterocycles. The predicted octanol–water partition coefficient (Wildman–Crippen LogP) is 3.03. The molecule has 0 aliphatic rings. The highest BCUT2D eigenvalue weighted by Crippen LogP contribution is 2.19. The third-order valence-electron chi connectivity index (χ3n) is 2.75. The molecule has 3 N–H and O–H groups in total. The van der Waals surface area contributed by atoms with Crippen molar-refractivity contribution in [2.75, 3.05) is 5.32 Å². The standard InChI is InChI=1S/C14H15N3O3S/c1-8-7-15-12(21-8)9(2)16-14(20)17-11-5-3-10(4-6-11)13(18)19/h3-7,9H,1-2H3,(H,18,19)(H2,16,17,20). The summed E-state index contributed by atoms with van der Waals surface area (Å²) in [6, 6.07) is 5.40. The van der Waals surface area contributed by atoms with E-state index in [4.69, 9.17) is 5.11 Å². The van der Waals surface area contributed by atoms with Gasteiger partial charge in [0.1, 0.15) is 5.01 Å². The number of hydrogen-bond acceptors (Lipinski definition) is 4. The second kappa shape index (κ2) is 6.36. The molecule has 1 aromatic carbocycles. The molecule has 0 spiro atoms. The minimum Gasteiger partial charge on any atom is -0.478 e. The van der Waals surface area contributed by atoms with Gasteiger partial charge in [-0.1, -0.05) is 0 Å². The normalized spacial score (nSPS) is 11.7. The molecule has 0 saturated carbocycles. The van der Waals surface area contributed by atoms with Crippen LogP contribution in [0, 0.1) is 6.92 Å². The maximum absolute atomic E-state index is 11.9. The average Bonchev–Trinajstić information content (AvgIpc) is 2.86. The first-order valence-electron chi connectivity index (χ1n) is 6.29. The molecule has 110 valence electrons. The zero-order chi connectivity index (χ0) is 15.4. The highest BCUT2D eigenvalue weighted by molar-refractivity contribution is 7.11. The van der Waals surface area contributed by atoms with Crippen molar-refractivity contribution in [1.82, 2.24) is 10.3 Å². The van der Waals surface area contributed by atoms with Gasteiger partial charge in [0.2, 0.25) is 0 Å². The number of carboxylic acids is 1. The van der Waals surface area contributed by atoms with Gasteiger partial charge in [-0.3, -0.25) is 0 Å². The van der Waals surface area contributed by atoms with Crippen LogP contribution in [0.1, 0.15) is 33.2 Å². The van der Waals surface area contributed by atoms with E-state index in [-0.39, 0.29) is 17.6 Å². The Balaban J connectivity index is 1.93. The summed E-state index contributed by atoms with van der Waals surface area (Å²) < 4.78 is 0. The summed E-state index contributed by atoms with van der Waals surface area (Å²) >= 11 is 1.53. The largest absolute Gasteiger partial charge is 0.478 e. The van der Waals surface area contributed by atoms with Crippen LogP contribution < -0.4 is 10.6 Å². The molecule has 0 fully saturated rings. The van der Waals surface area contributed by atoms with Crippen molar-refractivity contribution >= 4 is 29.0 Å². The predicted molar refractivity (Wildman–Crippen MR) is 80.8 cm³/mol. The summed E-state index contributed by atoms with van der Waals surface area (Å²) in [5, 5.41) is 15.1. The van der Waals surface area contributed by atoms with Crippen LogP contribution in [0.2, 0.25) is 0 Å². The molecule has 6 nitrogen and oxygen atoms in total. The Hall–Kier alpha value is -2.41. The molecule has 0 saturated heterocycles. The van der Waals surface area contributed by atoms with E-state index in [1.807, 2.05) is 13.8 Å². The Morgan fingerprint density at radius 2 is 1.95 bits per heavy atom. The van der Waals surface area contributed by atoms with Gasteiger partial charge in [-0.15, -0.1) is 11.3 Å². The van der Waals surface area contributed by atoms with Gasteiger partial charge in [0, 0.05) is 16.8 Å². The number of aromatic carboxylic acids is 1. The maximum atomic E-state index is 11.9. The van der Waals surface area contributed by atoms with E-state index in [9.17, 15) is 9.59 Å². The molecule has 7 heteroatoms. The first kappa shape index (κ1) is 15.0. The van der Waals surface area contributed by atoms with Crippen LogP contribution in [0.5, 0.6) is 0 Å². The second-order valence-corrected chi connectivity index (χ2v) is 5.78. The number of carboxylic acid groups (broad SMARTS) is 1. The number of urea groups is 1. The van der Waals surface area contributed by atoms with Crippen molar-refractivity contribution in [2.24, 2.45) is 0 Å². The Kier molecular flexibility index (Phi) is 4.54. The highest BCUT2D eigenvalue weighted by Gasteiger charge is 2.12. The van der Waals surface area contributed by atoms with Gasteiger partial charge in [0.15, 0.2) is 0 Å². The van der Waals surface area contributed by atoms with Crippen LogP contribution in [0.4, 0.5) is 10.5 Å². The van der Waals surface area contributed by atoms with Crippen LogP contribution in [-0.4, -0.2) is 22.1 Å². The Labute approximate surface area is 125 Å². The summed E-state index contributed by atoms with van der Waals surface area (Å²) in [6.45, 7) is 3.81. The Morgan fingerprint density at radius 1 is 1.29 bits per heavy atom. The molecule has 2 rings (SSSR count). The highest BCUT2D eigenvalue weighted by atomic mass is 32.1. The number of anilines is 1. The fraction of sp³-hybridized carbons (Fsp3) is 0.214. The lowest BCUT2D eigenvalue weighted by Crippen LogP contribution is -2.31. The fourth-order valence-electron chi connectivity index (χ4n) is 1.69. The van der Waals surface area contributed by atoms with E-state index in [0.717, 1.165) is 9.88 Å². The molecule has 0 aliphatic heterocycles. The number of carbonyl (C=O) groups excluding carboxylic acids is 1. The number of thiazole rings is 1. The lowest BCUT2D eigenvalue weighted by molar-refractivity contribution is 0.0697. The van der Waals surface area contributed by atoms with Crippen LogP contribution in [0.3, 0.4) is 0 Å². The molecule has 1 aromatic heterocycles. The Bertz CT molecular complexity index is 652. The van der Waals surface area contributed by atoms with Gasteiger partial charge in [-0.05, 0) is 38.1 Å². The van der Waals surface area contributed by atoms with Crippen molar-refractivity contribution in [2.45, 2.75) is 19.9 Å². The number of aryl methyl sites for hydroxylation is 1. The van der Waals surface area contributed by atoms with Crippen LogP contribution in [-0.2, 0) is 0 Å². The van der Waals surface area contributed by atoms with E-state index in [1.54, 1.807) is 18.3 Å². The van der Waals surface area contributed by atoms with Crippen molar-refractivity contribution in [1.29, 1.82) is 0 Å². The number of nitrogens with zero attached hydrogens (tertiary/aromatic N) is 1. The minimum atomic E-state index is -1.00. The van der Waals surface area contributed by atoms with Crippen molar-refractivity contribution in [3.8, 4) is 0 Å². The third-order valence-corrected chi connectivity index (χ3v) is 3.84. The molecule has 0 radical (unpaired) electrons. The molecule has 2 aromatic rings. The number of hydrogen-bond donors (Lipinski definition) is 3. The summed E-state index contributed by atoms with van der Waals surface area (Å²) in [6.07, 6.45) is 1.76. The lowest BCUT2D eigenvalue weighted by atomic mass is 10.2. The molecule has 21 heavy (non-hydrogen) atoms. The van der Waals surface area contributed by atoms with E-state index in [0.29, 0.717) is 5.69 Å². The topological polar surface area (TPSA) is 91.3 Å². The SMILES string of the molecule is Cc1cnc(C(C)NC(=O)Nc2ccc(C(=O)O)cc2)s1. The van der Waals surface area contributed by atoms with Gasteiger partial charge in [-0.25, -0.2) is 14.6 Å². The maximum Gasteiger partial charge on any atom is 0.335 e. The van der Waals surface area contributed by atoms with E-state index >= 15 is 0 Å².